The number of benzene rings is 2. The standard InChI is InChI=1S/C23H18Cl2N2S/c1-14(20-12-27-22-6-4-3-5-19(20)22)23-9-17(13-28-23)15(2)26-11-16-7-8-18(24)10-21(16)25/h3-10,12-13,26-27H,1-2,11H2. The quantitative estimate of drug-likeness (QED) is 0.332. The normalized spacial score (nSPS) is 10.9. The molecule has 0 aliphatic rings. The SMILES string of the molecule is C=C(NCc1ccc(Cl)cc1Cl)c1csc(C(=C)c2c[nH]c3ccccc23)c1. The Morgan fingerprint density at radius 3 is 2.71 bits per heavy atom. The number of H-pyrrole nitrogens is 1. The zero-order valence-electron chi connectivity index (χ0n) is 15.1. The highest BCUT2D eigenvalue weighted by molar-refractivity contribution is 7.11. The number of para-hydroxylation sites is 1. The third-order valence-corrected chi connectivity index (χ3v) is 6.24. The Kier molecular flexibility index (Phi) is 5.31. The van der Waals surface area contributed by atoms with Crippen LogP contribution in [0.5, 0.6) is 0 Å². The van der Waals surface area contributed by atoms with Crippen molar-refractivity contribution in [3.05, 3.63) is 105 Å². The van der Waals surface area contributed by atoms with Crippen LogP contribution in [0.3, 0.4) is 0 Å². The predicted octanol–water partition coefficient (Wildman–Crippen LogP) is 7.36. The molecule has 5 heteroatoms. The molecule has 0 saturated carbocycles. The minimum Gasteiger partial charge on any atom is -0.381 e. The first-order valence-corrected chi connectivity index (χ1v) is 10.4. The molecule has 0 aliphatic carbocycles. The third-order valence-electron chi connectivity index (χ3n) is 4.67. The lowest BCUT2D eigenvalue weighted by atomic mass is 10.0. The van der Waals surface area contributed by atoms with Crippen LogP contribution in [0.1, 0.15) is 21.6 Å². The van der Waals surface area contributed by atoms with Gasteiger partial charge in [0.25, 0.3) is 0 Å². The van der Waals surface area contributed by atoms with Gasteiger partial charge in [0.1, 0.15) is 0 Å². The minimum absolute atomic E-state index is 0.587. The van der Waals surface area contributed by atoms with Gasteiger partial charge in [-0.3, -0.25) is 0 Å². The van der Waals surface area contributed by atoms with Crippen LogP contribution < -0.4 is 5.32 Å². The van der Waals surface area contributed by atoms with Crippen LogP contribution in [0.2, 0.25) is 10.0 Å². The van der Waals surface area contributed by atoms with Crippen LogP contribution in [0.4, 0.5) is 0 Å². The first-order valence-electron chi connectivity index (χ1n) is 8.74. The maximum Gasteiger partial charge on any atom is 0.0470 e. The van der Waals surface area contributed by atoms with Gasteiger partial charge in [0.15, 0.2) is 0 Å². The second kappa shape index (κ2) is 7.88. The second-order valence-corrected chi connectivity index (χ2v) is 8.25. The van der Waals surface area contributed by atoms with Gasteiger partial charge in [0.05, 0.1) is 0 Å². The summed E-state index contributed by atoms with van der Waals surface area (Å²) in [6, 6.07) is 15.9. The summed E-state index contributed by atoms with van der Waals surface area (Å²) in [6.07, 6.45) is 2.02. The van der Waals surface area contributed by atoms with Crippen molar-refractivity contribution in [1.29, 1.82) is 0 Å². The van der Waals surface area contributed by atoms with Crippen molar-refractivity contribution < 1.29 is 0 Å². The van der Waals surface area contributed by atoms with Gasteiger partial charge in [0, 0.05) is 60.8 Å². The number of nitrogens with one attached hydrogen (secondary N) is 2. The number of hydrogen-bond acceptors (Lipinski definition) is 2. The van der Waals surface area contributed by atoms with Gasteiger partial charge in [-0.25, -0.2) is 0 Å². The molecule has 0 saturated heterocycles. The van der Waals surface area contributed by atoms with Crippen molar-refractivity contribution >= 4 is 56.7 Å². The molecule has 2 aromatic heterocycles. The summed E-state index contributed by atoms with van der Waals surface area (Å²) in [5.41, 5.74) is 6.11. The summed E-state index contributed by atoms with van der Waals surface area (Å²) in [6.45, 7) is 9.06. The van der Waals surface area contributed by atoms with Gasteiger partial charge in [-0.1, -0.05) is 60.6 Å². The van der Waals surface area contributed by atoms with E-state index in [0.717, 1.165) is 38.4 Å². The molecule has 0 bridgehead atoms. The van der Waals surface area contributed by atoms with Crippen LogP contribution in [0, 0.1) is 0 Å². The first kappa shape index (κ1) is 18.9. The largest absolute Gasteiger partial charge is 0.381 e. The van der Waals surface area contributed by atoms with Gasteiger partial charge in [-0.2, -0.15) is 0 Å². The van der Waals surface area contributed by atoms with E-state index in [-0.39, 0.29) is 0 Å². The van der Waals surface area contributed by atoms with Crippen molar-refractivity contribution in [2.24, 2.45) is 0 Å². The van der Waals surface area contributed by atoms with E-state index in [0.29, 0.717) is 16.6 Å². The Hall–Kier alpha value is -2.46. The Morgan fingerprint density at radius 2 is 1.89 bits per heavy atom. The highest BCUT2D eigenvalue weighted by Crippen LogP contribution is 2.33. The van der Waals surface area contributed by atoms with Crippen LogP contribution in [0.25, 0.3) is 22.2 Å². The summed E-state index contributed by atoms with van der Waals surface area (Å²) in [5.74, 6) is 0. The molecule has 0 atom stereocenters. The molecule has 140 valence electrons. The molecule has 4 aromatic rings. The van der Waals surface area contributed by atoms with Crippen LogP contribution in [0.15, 0.2) is 73.3 Å². The molecule has 2 aromatic carbocycles. The van der Waals surface area contributed by atoms with E-state index in [2.05, 4.69) is 47.0 Å². The average molecular weight is 425 g/mol. The fraction of sp³-hybridized carbons (Fsp3) is 0.0435. The lowest BCUT2D eigenvalue weighted by Gasteiger charge is -2.10. The summed E-state index contributed by atoms with van der Waals surface area (Å²) in [5, 5.41) is 7.89. The van der Waals surface area contributed by atoms with E-state index >= 15 is 0 Å². The molecule has 2 nitrogen and oxygen atoms in total. The number of rotatable bonds is 6. The van der Waals surface area contributed by atoms with E-state index in [4.69, 9.17) is 23.2 Å². The highest BCUT2D eigenvalue weighted by Gasteiger charge is 2.12. The van der Waals surface area contributed by atoms with E-state index in [9.17, 15) is 0 Å². The fourth-order valence-corrected chi connectivity index (χ4v) is 4.46. The fourth-order valence-electron chi connectivity index (χ4n) is 3.08. The molecule has 0 aliphatic heterocycles. The summed E-state index contributed by atoms with van der Waals surface area (Å²) in [7, 11) is 0. The van der Waals surface area contributed by atoms with Crippen molar-refractivity contribution in [1.82, 2.24) is 10.3 Å². The first-order chi connectivity index (χ1) is 13.5. The van der Waals surface area contributed by atoms with E-state index in [1.165, 1.54) is 5.39 Å². The molecule has 0 spiro atoms. The number of thiophene rings is 1. The smallest absolute Gasteiger partial charge is 0.0470 e. The van der Waals surface area contributed by atoms with Gasteiger partial charge < -0.3 is 10.3 Å². The van der Waals surface area contributed by atoms with Gasteiger partial charge in [-0.05, 0) is 35.4 Å². The van der Waals surface area contributed by atoms with Gasteiger partial charge >= 0.3 is 0 Å². The minimum atomic E-state index is 0.587. The zero-order chi connectivity index (χ0) is 19.7. The zero-order valence-corrected chi connectivity index (χ0v) is 17.4. The number of halogens is 2. The molecular formula is C23H18Cl2N2S. The van der Waals surface area contributed by atoms with Gasteiger partial charge in [-0.15, -0.1) is 11.3 Å². The average Bonchev–Trinajstić information content (AvgIpc) is 3.34. The number of hydrogen-bond donors (Lipinski definition) is 2. The Balaban J connectivity index is 1.49. The summed E-state index contributed by atoms with van der Waals surface area (Å²) in [4.78, 5) is 4.43. The maximum absolute atomic E-state index is 6.24. The van der Waals surface area contributed by atoms with E-state index < -0.39 is 0 Å². The molecule has 0 amide bonds. The van der Waals surface area contributed by atoms with Crippen molar-refractivity contribution in [3.8, 4) is 0 Å². The summed E-state index contributed by atoms with van der Waals surface area (Å²) < 4.78 is 0. The number of fused-ring (bicyclic) bond motifs is 1. The van der Waals surface area contributed by atoms with Gasteiger partial charge in [0.2, 0.25) is 0 Å². The van der Waals surface area contributed by atoms with Crippen molar-refractivity contribution in [2.75, 3.05) is 0 Å². The third kappa shape index (κ3) is 3.74. The van der Waals surface area contributed by atoms with Crippen molar-refractivity contribution in [2.45, 2.75) is 6.54 Å². The van der Waals surface area contributed by atoms with E-state index in [1.807, 2.05) is 30.5 Å². The lowest BCUT2D eigenvalue weighted by Crippen LogP contribution is -2.10. The second-order valence-electron chi connectivity index (χ2n) is 6.49. The molecule has 28 heavy (non-hydrogen) atoms. The number of aromatic amines is 1. The molecule has 2 N–H and O–H groups in total. The van der Waals surface area contributed by atoms with E-state index in [1.54, 1.807) is 17.4 Å². The molecule has 0 radical (unpaired) electrons. The Labute approximate surface area is 178 Å². The monoisotopic (exact) mass is 424 g/mol. The molecule has 0 fully saturated rings. The van der Waals surface area contributed by atoms with Crippen LogP contribution in [-0.4, -0.2) is 4.98 Å². The van der Waals surface area contributed by atoms with Crippen molar-refractivity contribution in [3.63, 3.8) is 0 Å². The van der Waals surface area contributed by atoms with Crippen LogP contribution >= 0.6 is 34.5 Å². The maximum atomic E-state index is 6.24. The molecule has 2 heterocycles. The highest BCUT2D eigenvalue weighted by atomic mass is 35.5. The predicted molar refractivity (Wildman–Crippen MR) is 123 cm³/mol. The Morgan fingerprint density at radius 1 is 1.07 bits per heavy atom. The lowest BCUT2D eigenvalue weighted by molar-refractivity contribution is 0.893. The summed E-state index contributed by atoms with van der Waals surface area (Å²) >= 11 is 13.9. The topological polar surface area (TPSA) is 27.8 Å². The number of aromatic nitrogens is 1. The molecule has 0 unspecified atom stereocenters. The molecular weight excluding hydrogens is 407 g/mol. The van der Waals surface area contributed by atoms with Crippen LogP contribution in [-0.2, 0) is 6.54 Å². The Bertz CT molecular complexity index is 1190. The molecule has 4 rings (SSSR count).